The van der Waals surface area contributed by atoms with Crippen molar-refractivity contribution in [2.24, 2.45) is 5.41 Å². The van der Waals surface area contributed by atoms with Crippen LogP contribution in [0.4, 0.5) is 0 Å². The van der Waals surface area contributed by atoms with Crippen molar-refractivity contribution in [3.05, 3.63) is 65.5 Å². The molecule has 0 aliphatic carbocycles. The third kappa shape index (κ3) is 4.07. The Morgan fingerprint density at radius 3 is 2.52 bits per heavy atom. The van der Waals surface area contributed by atoms with Crippen LogP contribution in [0.2, 0.25) is 0 Å². The van der Waals surface area contributed by atoms with Gasteiger partial charge in [0.2, 0.25) is 0 Å². The maximum atomic E-state index is 12.6. The van der Waals surface area contributed by atoms with Gasteiger partial charge in [0.05, 0.1) is 6.10 Å². The second-order valence-electron chi connectivity index (χ2n) is 7.07. The van der Waals surface area contributed by atoms with Gasteiger partial charge in [-0.1, -0.05) is 43.9 Å². The summed E-state index contributed by atoms with van der Waals surface area (Å²) in [6.45, 7) is 5.05. The molecule has 1 aromatic heterocycles. The molecule has 1 saturated heterocycles. The fourth-order valence-electron chi connectivity index (χ4n) is 2.94. The van der Waals surface area contributed by atoms with Gasteiger partial charge in [-0.15, -0.1) is 0 Å². The highest BCUT2D eigenvalue weighted by atomic mass is 16.3. The van der Waals surface area contributed by atoms with Crippen LogP contribution in [0, 0.1) is 17.3 Å². The number of nitrogens with zero attached hydrogens (tertiary/aromatic N) is 2. The lowest BCUT2D eigenvalue weighted by Gasteiger charge is -2.41. The molecule has 3 rings (SSSR count). The lowest BCUT2D eigenvalue weighted by atomic mass is 9.81. The van der Waals surface area contributed by atoms with Crippen LogP contribution in [0.25, 0.3) is 0 Å². The van der Waals surface area contributed by atoms with E-state index in [4.69, 9.17) is 0 Å². The third-order valence-corrected chi connectivity index (χ3v) is 4.57. The van der Waals surface area contributed by atoms with Crippen molar-refractivity contribution in [1.29, 1.82) is 0 Å². The first kappa shape index (κ1) is 17.2. The average Bonchev–Trinajstić information content (AvgIpc) is 2.63. The number of aliphatic hydroxyl groups excluding tert-OH is 1. The van der Waals surface area contributed by atoms with Gasteiger partial charge in [0, 0.05) is 35.8 Å². The third-order valence-electron chi connectivity index (χ3n) is 4.57. The second-order valence-corrected chi connectivity index (χ2v) is 7.07. The van der Waals surface area contributed by atoms with Crippen LogP contribution in [-0.2, 0) is 0 Å². The Hall–Kier alpha value is -2.64. The van der Waals surface area contributed by atoms with E-state index in [2.05, 4.69) is 16.8 Å². The summed E-state index contributed by atoms with van der Waals surface area (Å²) < 4.78 is 0. The smallest absolute Gasteiger partial charge is 0.272 e. The summed E-state index contributed by atoms with van der Waals surface area (Å²) in [5, 5.41) is 10.0. The monoisotopic (exact) mass is 334 g/mol. The van der Waals surface area contributed by atoms with Gasteiger partial charge >= 0.3 is 0 Å². The van der Waals surface area contributed by atoms with Crippen molar-refractivity contribution < 1.29 is 9.90 Å². The van der Waals surface area contributed by atoms with Gasteiger partial charge < -0.3 is 10.0 Å². The molecular weight excluding hydrogens is 312 g/mol. The van der Waals surface area contributed by atoms with Gasteiger partial charge in [-0.05, 0) is 30.7 Å². The number of piperidine rings is 1. The summed E-state index contributed by atoms with van der Waals surface area (Å²) in [6, 6.07) is 13.3. The van der Waals surface area contributed by atoms with E-state index in [1.807, 2.05) is 50.2 Å². The molecule has 1 amide bonds. The van der Waals surface area contributed by atoms with E-state index in [-0.39, 0.29) is 17.4 Å². The highest BCUT2D eigenvalue weighted by Crippen LogP contribution is 2.29. The molecule has 4 nitrogen and oxygen atoms in total. The molecule has 1 aliphatic heterocycles. The van der Waals surface area contributed by atoms with Crippen molar-refractivity contribution in [3.8, 4) is 11.8 Å². The Morgan fingerprint density at radius 2 is 1.88 bits per heavy atom. The predicted octanol–water partition coefficient (Wildman–Crippen LogP) is 2.71. The van der Waals surface area contributed by atoms with Crippen LogP contribution in [0.15, 0.2) is 48.7 Å². The van der Waals surface area contributed by atoms with E-state index in [0.717, 1.165) is 11.1 Å². The Morgan fingerprint density at radius 1 is 1.16 bits per heavy atom. The lowest BCUT2D eigenvalue weighted by Crippen LogP contribution is -2.50. The summed E-state index contributed by atoms with van der Waals surface area (Å²) in [5.74, 6) is 6.04. The number of hydrogen-bond acceptors (Lipinski definition) is 3. The number of carbonyl (C=O) groups is 1. The zero-order valence-electron chi connectivity index (χ0n) is 14.6. The molecule has 0 spiro atoms. The number of hydrogen-bond donors (Lipinski definition) is 1. The highest BCUT2D eigenvalue weighted by molar-refractivity contribution is 5.92. The molecule has 128 valence electrons. The van der Waals surface area contributed by atoms with E-state index in [1.54, 1.807) is 17.2 Å². The molecular formula is C21H22N2O2. The second kappa shape index (κ2) is 7.08. The Bertz CT molecular complexity index is 801. The van der Waals surface area contributed by atoms with Crippen molar-refractivity contribution in [3.63, 3.8) is 0 Å². The first-order valence-corrected chi connectivity index (χ1v) is 8.46. The topological polar surface area (TPSA) is 53.4 Å². The molecule has 1 aliphatic rings. The maximum absolute atomic E-state index is 12.6. The van der Waals surface area contributed by atoms with Crippen LogP contribution >= 0.6 is 0 Å². The first-order valence-electron chi connectivity index (χ1n) is 8.46. The Kier molecular flexibility index (Phi) is 4.87. The van der Waals surface area contributed by atoms with Gasteiger partial charge in [0.25, 0.3) is 5.91 Å². The summed E-state index contributed by atoms with van der Waals surface area (Å²) in [6.07, 6.45) is 1.85. The van der Waals surface area contributed by atoms with E-state index in [9.17, 15) is 9.90 Å². The molecule has 4 heteroatoms. The van der Waals surface area contributed by atoms with Crippen LogP contribution in [0.5, 0.6) is 0 Å². The van der Waals surface area contributed by atoms with Gasteiger partial charge in [-0.2, -0.15) is 0 Å². The van der Waals surface area contributed by atoms with Gasteiger partial charge in [0.15, 0.2) is 0 Å². The number of amides is 1. The number of benzene rings is 1. The number of carbonyl (C=O) groups excluding carboxylic acids is 1. The molecule has 1 N–H and O–H groups in total. The number of rotatable bonds is 1. The largest absolute Gasteiger partial charge is 0.392 e. The standard InChI is InChI=1S/C21H22N2O2/c1-21(2)15-23(13-12-19(21)24)20(25)18-11-10-17(14-22-18)9-8-16-6-4-3-5-7-16/h3-7,10-11,14,19,24H,12-13,15H2,1-2H3. The Balaban J connectivity index is 1.70. The van der Waals surface area contributed by atoms with Crippen LogP contribution in [0.1, 0.15) is 41.9 Å². The van der Waals surface area contributed by atoms with Crippen molar-refractivity contribution in [2.75, 3.05) is 13.1 Å². The molecule has 25 heavy (non-hydrogen) atoms. The summed E-state index contributed by atoms with van der Waals surface area (Å²) >= 11 is 0. The Labute approximate surface area is 148 Å². The van der Waals surface area contributed by atoms with Crippen molar-refractivity contribution >= 4 is 5.91 Å². The van der Waals surface area contributed by atoms with Crippen LogP contribution < -0.4 is 0 Å². The van der Waals surface area contributed by atoms with Crippen LogP contribution in [-0.4, -0.2) is 40.1 Å². The van der Waals surface area contributed by atoms with Crippen molar-refractivity contribution in [1.82, 2.24) is 9.88 Å². The summed E-state index contributed by atoms with van der Waals surface area (Å²) in [4.78, 5) is 18.7. The maximum Gasteiger partial charge on any atom is 0.272 e. The number of likely N-dealkylation sites (tertiary alicyclic amines) is 1. The zero-order chi connectivity index (χ0) is 17.9. The fraction of sp³-hybridized carbons (Fsp3) is 0.333. The molecule has 1 unspecified atom stereocenters. The highest BCUT2D eigenvalue weighted by Gasteiger charge is 2.36. The first-order chi connectivity index (χ1) is 12.0. The van der Waals surface area contributed by atoms with E-state index < -0.39 is 0 Å². The minimum atomic E-state index is -0.375. The summed E-state index contributed by atoms with van der Waals surface area (Å²) in [7, 11) is 0. The molecule has 1 fully saturated rings. The SMILES string of the molecule is CC1(C)CN(C(=O)c2ccc(C#Cc3ccccc3)cn2)CCC1O. The lowest BCUT2D eigenvalue weighted by molar-refractivity contribution is -0.0184. The number of pyridine rings is 1. The van der Waals surface area contributed by atoms with Gasteiger partial charge in [-0.3, -0.25) is 4.79 Å². The minimum absolute atomic E-state index is 0.0949. The quantitative estimate of drug-likeness (QED) is 0.816. The molecule has 0 bridgehead atoms. The molecule has 1 atom stereocenters. The van der Waals surface area contributed by atoms with Crippen LogP contribution in [0.3, 0.4) is 0 Å². The van der Waals surface area contributed by atoms with Gasteiger partial charge in [-0.25, -0.2) is 4.98 Å². The number of aliphatic hydroxyl groups is 1. The van der Waals surface area contributed by atoms with E-state index >= 15 is 0 Å². The van der Waals surface area contributed by atoms with E-state index in [1.165, 1.54) is 0 Å². The zero-order valence-corrected chi connectivity index (χ0v) is 14.6. The predicted molar refractivity (Wildman–Crippen MR) is 97.0 cm³/mol. The molecule has 0 saturated carbocycles. The van der Waals surface area contributed by atoms with Crippen molar-refractivity contribution in [2.45, 2.75) is 26.4 Å². The normalized spacial score (nSPS) is 19.0. The minimum Gasteiger partial charge on any atom is -0.392 e. The van der Waals surface area contributed by atoms with Gasteiger partial charge in [0.1, 0.15) is 5.69 Å². The molecule has 2 heterocycles. The summed E-state index contributed by atoms with van der Waals surface area (Å²) in [5.41, 5.74) is 1.83. The molecule has 2 aromatic rings. The van der Waals surface area contributed by atoms with E-state index in [0.29, 0.717) is 25.2 Å². The number of aromatic nitrogens is 1. The average molecular weight is 334 g/mol. The fourth-order valence-corrected chi connectivity index (χ4v) is 2.94. The molecule has 1 aromatic carbocycles. The molecule has 0 radical (unpaired) electrons.